The SMILES string of the molecule is C=CCCCCCC(N)C1CSC(C)C(C)S1. The van der Waals surface area contributed by atoms with Gasteiger partial charge in [0.05, 0.1) is 0 Å². The molecule has 1 rings (SSSR count). The molecule has 0 amide bonds. The van der Waals surface area contributed by atoms with Gasteiger partial charge in [0.25, 0.3) is 0 Å². The molecule has 1 fully saturated rings. The Morgan fingerprint density at radius 2 is 2.06 bits per heavy atom. The van der Waals surface area contributed by atoms with Gasteiger partial charge in [0.1, 0.15) is 0 Å². The summed E-state index contributed by atoms with van der Waals surface area (Å²) in [5, 5.41) is 2.22. The number of rotatable bonds is 7. The number of nitrogens with two attached hydrogens (primary N) is 1. The molecule has 1 heterocycles. The topological polar surface area (TPSA) is 26.0 Å². The molecule has 1 saturated heterocycles. The molecule has 0 aliphatic carbocycles. The quantitative estimate of drug-likeness (QED) is 0.559. The van der Waals surface area contributed by atoms with Gasteiger partial charge >= 0.3 is 0 Å². The van der Waals surface area contributed by atoms with Crippen molar-refractivity contribution in [2.75, 3.05) is 5.75 Å². The molecule has 0 bridgehead atoms. The number of thioether (sulfide) groups is 2. The monoisotopic (exact) mass is 273 g/mol. The number of hydrogen-bond acceptors (Lipinski definition) is 3. The average molecular weight is 274 g/mol. The minimum Gasteiger partial charge on any atom is -0.327 e. The zero-order chi connectivity index (χ0) is 12.7. The standard InChI is InChI=1S/C14H27NS2/c1-4-5-6-7-8-9-13(15)14-10-16-11(2)12(3)17-14/h4,11-14H,1,5-10,15H2,2-3H3. The normalized spacial score (nSPS) is 31.1. The summed E-state index contributed by atoms with van der Waals surface area (Å²) in [6.07, 6.45) is 8.21. The Hall–Kier alpha value is 0.400. The Morgan fingerprint density at radius 1 is 1.29 bits per heavy atom. The van der Waals surface area contributed by atoms with Crippen LogP contribution in [0, 0.1) is 0 Å². The first-order chi connectivity index (χ1) is 8.15. The lowest BCUT2D eigenvalue weighted by atomic mass is 10.1. The molecule has 0 aromatic rings. The highest BCUT2D eigenvalue weighted by Gasteiger charge is 2.29. The van der Waals surface area contributed by atoms with Gasteiger partial charge in [0, 0.05) is 27.5 Å². The highest BCUT2D eigenvalue weighted by molar-refractivity contribution is 8.07. The largest absolute Gasteiger partial charge is 0.327 e. The molecule has 0 aromatic carbocycles. The summed E-state index contributed by atoms with van der Waals surface area (Å²) in [5.41, 5.74) is 6.32. The molecule has 4 unspecified atom stereocenters. The van der Waals surface area contributed by atoms with Crippen LogP contribution in [0.3, 0.4) is 0 Å². The van der Waals surface area contributed by atoms with Crippen LogP contribution in [0.5, 0.6) is 0 Å². The Morgan fingerprint density at radius 3 is 2.71 bits per heavy atom. The van der Waals surface area contributed by atoms with Crippen molar-refractivity contribution in [2.24, 2.45) is 5.73 Å². The van der Waals surface area contributed by atoms with Crippen LogP contribution < -0.4 is 5.73 Å². The molecular formula is C14H27NS2. The third-order valence-corrected chi connectivity index (χ3v) is 7.07. The molecule has 0 spiro atoms. The van der Waals surface area contributed by atoms with E-state index in [1.165, 1.54) is 31.4 Å². The molecule has 4 atom stereocenters. The summed E-state index contributed by atoms with van der Waals surface area (Å²) in [7, 11) is 0. The lowest BCUT2D eigenvalue weighted by Crippen LogP contribution is -2.39. The maximum Gasteiger partial charge on any atom is 0.0292 e. The first kappa shape index (κ1) is 15.5. The van der Waals surface area contributed by atoms with Crippen LogP contribution in [0.2, 0.25) is 0 Å². The molecule has 3 heteroatoms. The minimum absolute atomic E-state index is 0.395. The second-order valence-corrected chi connectivity index (χ2v) is 8.04. The first-order valence-electron chi connectivity index (χ1n) is 6.78. The van der Waals surface area contributed by atoms with Crippen molar-refractivity contribution < 1.29 is 0 Å². The van der Waals surface area contributed by atoms with Crippen LogP contribution in [0.25, 0.3) is 0 Å². The van der Waals surface area contributed by atoms with Crippen LogP contribution in [0.4, 0.5) is 0 Å². The zero-order valence-electron chi connectivity index (χ0n) is 11.2. The highest BCUT2D eigenvalue weighted by Crippen LogP contribution is 2.37. The van der Waals surface area contributed by atoms with Crippen molar-refractivity contribution in [3.63, 3.8) is 0 Å². The molecule has 0 radical (unpaired) electrons. The summed E-state index contributed by atoms with van der Waals surface area (Å²) in [6.45, 7) is 8.42. The summed E-state index contributed by atoms with van der Waals surface area (Å²) in [6, 6.07) is 0.395. The van der Waals surface area contributed by atoms with Gasteiger partial charge in [-0.2, -0.15) is 23.5 Å². The average Bonchev–Trinajstić information content (AvgIpc) is 2.32. The summed E-state index contributed by atoms with van der Waals surface area (Å²) < 4.78 is 0. The minimum atomic E-state index is 0.395. The molecular weight excluding hydrogens is 246 g/mol. The highest BCUT2D eigenvalue weighted by atomic mass is 32.2. The fraction of sp³-hybridized carbons (Fsp3) is 0.857. The first-order valence-corrected chi connectivity index (χ1v) is 8.78. The molecule has 2 N–H and O–H groups in total. The van der Waals surface area contributed by atoms with Crippen LogP contribution in [-0.4, -0.2) is 27.5 Å². The van der Waals surface area contributed by atoms with Crippen molar-refractivity contribution in [3.8, 4) is 0 Å². The zero-order valence-corrected chi connectivity index (χ0v) is 12.9. The third-order valence-electron chi connectivity index (χ3n) is 3.50. The lowest BCUT2D eigenvalue weighted by molar-refractivity contribution is 0.549. The van der Waals surface area contributed by atoms with Gasteiger partial charge in [0.15, 0.2) is 0 Å². The van der Waals surface area contributed by atoms with E-state index in [1.54, 1.807) is 0 Å². The third kappa shape index (κ3) is 5.71. The van der Waals surface area contributed by atoms with Gasteiger partial charge in [-0.15, -0.1) is 6.58 Å². The summed E-state index contributed by atoms with van der Waals surface area (Å²) in [4.78, 5) is 0. The van der Waals surface area contributed by atoms with Crippen molar-refractivity contribution in [1.29, 1.82) is 0 Å². The smallest absolute Gasteiger partial charge is 0.0292 e. The maximum absolute atomic E-state index is 6.32. The van der Waals surface area contributed by atoms with Gasteiger partial charge in [0.2, 0.25) is 0 Å². The molecule has 0 aromatic heterocycles. The van der Waals surface area contributed by atoms with Crippen molar-refractivity contribution in [3.05, 3.63) is 12.7 Å². The molecule has 100 valence electrons. The molecule has 1 nitrogen and oxygen atoms in total. The Balaban J connectivity index is 2.14. The van der Waals surface area contributed by atoms with E-state index < -0.39 is 0 Å². The summed E-state index contributed by atoms with van der Waals surface area (Å²) in [5.74, 6) is 1.24. The molecule has 1 aliphatic heterocycles. The Kier molecular flexibility index (Phi) is 7.72. The number of hydrogen-bond donors (Lipinski definition) is 1. The molecule has 0 saturated carbocycles. The number of allylic oxidation sites excluding steroid dienone is 1. The Bertz CT molecular complexity index is 220. The second kappa shape index (κ2) is 8.49. The van der Waals surface area contributed by atoms with E-state index >= 15 is 0 Å². The van der Waals surface area contributed by atoms with Gasteiger partial charge in [-0.3, -0.25) is 0 Å². The van der Waals surface area contributed by atoms with Gasteiger partial charge in [-0.25, -0.2) is 0 Å². The van der Waals surface area contributed by atoms with E-state index in [1.807, 2.05) is 6.08 Å². The van der Waals surface area contributed by atoms with E-state index in [0.29, 0.717) is 11.3 Å². The molecule has 1 aliphatic rings. The fourth-order valence-electron chi connectivity index (χ4n) is 2.06. The number of unbranched alkanes of at least 4 members (excludes halogenated alkanes) is 3. The maximum atomic E-state index is 6.32. The van der Waals surface area contributed by atoms with Crippen LogP contribution >= 0.6 is 23.5 Å². The second-order valence-electron chi connectivity index (χ2n) is 5.01. The van der Waals surface area contributed by atoms with Gasteiger partial charge in [-0.1, -0.05) is 32.8 Å². The van der Waals surface area contributed by atoms with Crippen molar-refractivity contribution in [2.45, 2.75) is 67.7 Å². The predicted octanol–water partition coefficient (Wildman–Crippen LogP) is 4.08. The van der Waals surface area contributed by atoms with Crippen molar-refractivity contribution in [1.82, 2.24) is 0 Å². The van der Waals surface area contributed by atoms with E-state index in [4.69, 9.17) is 5.73 Å². The van der Waals surface area contributed by atoms with Gasteiger partial charge in [-0.05, 0) is 19.3 Å². The van der Waals surface area contributed by atoms with Crippen molar-refractivity contribution >= 4 is 23.5 Å². The van der Waals surface area contributed by atoms with E-state index in [9.17, 15) is 0 Å². The Labute approximate surface area is 115 Å². The lowest BCUT2D eigenvalue weighted by Gasteiger charge is -2.34. The predicted molar refractivity (Wildman–Crippen MR) is 84.0 cm³/mol. The van der Waals surface area contributed by atoms with Crippen LogP contribution in [-0.2, 0) is 0 Å². The van der Waals surface area contributed by atoms with E-state index in [-0.39, 0.29) is 0 Å². The van der Waals surface area contributed by atoms with Crippen LogP contribution in [0.1, 0.15) is 46.0 Å². The van der Waals surface area contributed by atoms with E-state index in [2.05, 4.69) is 44.0 Å². The van der Waals surface area contributed by atoms with Gasteiger partial charge < -0.3 is 5.73 Å². The summed E-state index contributed by atoms with van der Waals surface area (Å²) >= 11 is 4.20. The molecule has 17 heavy (non-hydrogen) atoms. The van der Waals surface area contributed by atoms with E-state index in [0.717, 1.165) is 16.9 Å². The fourth-order valence-corrected chi connectivity index (χ4v) is 5.16. The van der Waals surface area contributed by atoms with Crippen LogP contribution in [0.15, 0.2) is 12.7 Å².